The minimum Gasteiger partial charge on any atom is -0.372 e. The lowest BCUT2D eigenvalue weighted by Gasteiger charge is -2.40. The zero-order chi connectivity index (χ0) is 26.6. The number of amides is 1. The quantitative estimate of drug-likeness (QED) is 0.454. The molecule has 0 unspecified atom stereocenters. The van der Waals surface area contributed by atoms with Gasteiger partial charge in [0.1, 0.15) is 0 Å². The van der Waals surface area contributed by atoms with Gasteiger partial charge in [-0.3, -0.25) is 9.48 Å². The first-order valence-electron chi connectivity index (χ1n) is 13.7. The Morgan fingerprint density at radius 2 is 1.97 bits per heavy atom. The molecule has 0 bridgehead atoms. The van der Waals surface area contributed by atoms with Crippen molar-refractivity contribution in [2.24, 2.45) is 0 Å². The molecule has 38 heavy (non-hydrogen) atoms. The molecule has 1 N–H and O–H groups in total. The smallest absolute Gasteiger partial charge is 0.227 e. The molecule has 3 aromatic rings. The molecule has 0 aliphatic carbocycles. The molecule has 2 aliphatic heterocycles. The topological polar surface area (TPSA) is 88.4 Å². The lowest BCUT2D eigenvalue weighted by molar-refractivity contribution is -0.148. The number of aromatic nitrogens is 4. The fourth-order valence-corrected chi connectivity index (χ4v) is 5.22. The molecule has 5 rings (SSSR count). The van der Waals surface area contributed by atoms with Crippen molar-refractivity contribution in [2.45, 2.75) is 64.7 Å². The van der Waals surface area contributed by atoms with Gasteiger partial charge in [0.15, 0.2) is 0 Å². The van der Waals surface area contributed by atoms with Gasteiger partial charge in [-0.25, -0.2) is 9.97 Å². The molecule has 0 atom stereocenters. The minimum absolute atomic E-state index is 0.183. The average molecular weight is 518 g/mol. The zero-order valence-electron chi connectivity index (χ0n) is 22.9. The first kappa shape index (κ1) is 26.3. The minimum atomic E-state index is 0.183. The van der Waals surface area contributed by atoms with Gasteiger partial charge in [0.25, 0.3) is 0 Å². The van der Waals surface area contributed by atoms with Gasteiger partial charge in [0.2, 0.25) is 11.9 Å². The highest BCUT2D eigenvalue weighted by Gasteiger charge is 2.31. The summed E-state index contributed by atoms with van der Waals surface area (Å²) in [5.41, 5.74) is 5.12. The molecule has 9 heteroatoms. The summed E-state index contributed by atoms with van der Waals surface area (Å²) in [6.07, 6.45) is 9.51. The first-order valence-corrected chi connectivity index (χ1v) is 13.7. The van der Waals surface area contributed by atoms with Crippen molar-refractivity contribution in [1.82, 2.24) is 29.5 Å². The van der Waals surface area contributed by atoms with Gasteiger partial charge in [-0.05, 0) is 83.4 Å². The van der Waals surface area contributed by atoms with Gasteiger partial charge in [-0.15, -0.1) is 0 Å². The predicted molar refractivity (Wildman–Crippen MR) is 148 cm³/mol. The van der Waals surface area contributed by atoms with Crippen molar-refractivity contribution >= 4 is 17.5 Å². The van der Waals surface area contributed by atoms with E-state index in [0.717, 1.165) is 54.9 Å². The van der Waals surface area contributed by atoms with Crippen LogP contribution < -0.4 is 5.32 Å². The standard InChI is InChI=1S/C29H39N7O2/c1-20(2)38-26-18-35(19-26)28(37)8-7-22-5-6-23(15-21(22)3)27-9-12-30-29(33-27)32-24-16-31-36(17-24)25-10-13-34(4)14-11-25/h5-6,9,12,15-17,20,25-26H,7-8,10-11,13-14,18-19H2,1-4H3,(H,30,32,33). The number of carbonyl (C=O) groups is 1. The number of ether oxygens (including phenoxy) is 1. The number of nitrogens with zero attached hydrogens (tertiary/aromatic N) is 6. The Bertz CT molecular complexity index is 1240. The predicted octanol–water partition coefficient (Wildman–Crippen LogP) is 4.23. The molecule has 0 spiro atoms. The van der Waals surface area contributed by atoms with E-state index in [2.05, 4.69) is 57.2 Å². The van der Waals surface area contributed by atoms with Gasteiger partial charge in [-0.2, -0.15) is 5.10 Å². The van der Waals surface area contributed by atoms with Gasteiger partial charge in [-0.1, -0.05) is 12.1 Å². The van der Waals surface area contributed by atoms with Crippen LogP contribution in [0.15, 0.2) is 42.9 Å². The van der Waals surface area contributed by atoms with Crippen molar-refractivity contribution in [3.63, 3.8) is 0 Å². The number of likely N-dealkylation sites (tertiary alicyclic amines) is 2. The van der Waals surface area contributed by atoms with E-state index >= 15 is 0 Å². The largest absolute Gasteiger partial charge is 0.372 e. The summed E-state index contributed by atoms with van der Waals surface area (Å²) in [4.78, 5) is 26.0. The van der Waals surface area contributed by atoms with Crippen LogP contribution >= 0.6 is 0 Å². The second kappa shape index (κ2) is 11.6. The Hall–Kier alpha value is -3.30. The first-order chi connectivity index (χ1) is 18.3. The zero-order valence-corrected chi connectivity index (χ0v) is 22.9. The summed E-state index contributed by atoms with van der Waals surface area (Å²) in [7, 11) is 2.17. The van der Waals surface area contributed by atoms with Crippen molar-refractivity contribution in [3.05, 3.63) is 54.0 Å². The summed E-state index contributed by atoms with van der Waals surface area (Å²) in [6.45, 7) is 9.76. The molecule has 2 aliphatic rings. The molecule has 2 saturated heterocycles. The van der Waals surface area contributed by atoms with Crippen molar-refractivity contribution < 1.29 is 9.53 Å². The van der Waals surface area contributed by atoms with Crippen molar-refractivity contribution in [1.29, 1.82) is 0 Å². The second-order valence-corrected chi connectivity index (χ2v) is 10.9. The summed E-state index contributed by atoms with van der Waals surface area (Å²) in [5.74, 6) is 0.745. The molecular weight excluding hydrogens is 478 g/mol. The fraction of sp³-hybridized carbons (Fsp3) is 0.517. The molecule has 0 radical (unpaired) electrons. The monoisotopic (exact) mass is 517 g/mol. The summed E-state index contributed by atoms with van der Waals surface area (Å²) < 4.78 is 7.82. The Kier molecular flexibility index (Phi) is 8.04. The number of benzene rings is 1. The number of nitrogens with one attached hydrogen (secondary N) is 1. The number of hydrogen-bond acceptors (Lipinski definition) is 7. The van der Waals surface area contributed by atoms with E-state index in [4.69, 9.17) is 9.72 Å². The Balaban J connectivity index is 1.17. The molecule has 4 heterocycles. The van der Waals surface area contributed by atoms with Gasteiger partial charge < -0.3 is 19.9 Å². The van der Waals surface area contributed by atoms with Gasteiger partial charge in [0.05, 0.1) is 35.8 Å². The third kappa shape index (κ3) is 6.39. The summed E-state index contributed by atoms with van der Waals surface area (Å²) in [6, 6.07) is 8.69. The third-order valence-electron chi connectivity index (χ3n) is 7.49. The number of anilines is 2. The average Bonchev–Trinajstić information content (AvgIpc) is 3.34. The van der Waals surface area contributed by atoms with E-state index in [1.54, 1.807) is 6.20 Å². The molecule has 9 nitrogen and oxygen atoms in total. The van der Waals surface area contributed by atoms with Crippen LogP contribution in [0.3, 0.4) is 0 Å². The summed E-state index contributed by atoms with van der Waals surface area (Å²) >= 11 is 0. The lowest BCUT2D eigenvalue weighted by atomic mass is 9.99. The Labute approximate surface area is 225 Å². The van der Waals surface area contributed by atoms with E-state index < -0.39 is 0 Å². The van der Waals surface area contributed by atoms with E-state index in [1.165, 1.54) is 5.56 Å². The fourth-order valence-electron chi connectivity index (χ4n) is 5.22. The van der Waals surface area contributed by atoms with Crippen LogP contribution in [-0.4, -0.2) is 80.9 Å². The van der Waals surface area contributed by atoms with Crippen LogP contribution in [0.4, 0.5) is 11.6 Å². The highest BCUT2D eigenvalue weighted by Crippen LogP contribution is 2.25. The number of aryl methyl sites for hydroxylation is 2. The molecule has 0 saturated carbocycles. The number of carbonyl (C=O) groups excluding carboxylic acids is 1. The SMILES string of the molecule is Cc1cc(-c2ccnc(Nc3cnn(C4CCN(C)CC4)c3)n2)ccc1CCC(=O)N1CC(OC(C)C)C1. The van der Waals surface area contributed by atoms with Crippen LogP contribution in [0.2, 0.25) is 0 Å². The van der Waals surface area contributed by atoms with Crippen molar-refractivity contribution in [2.75, 3.05) is 38.5 Å². The van der Waals surface area contributed by atoms with Gasteiger partial charge >= 0.3 is 0 Å². The van der Waals surface area contributed by atoms with E-state index in [1.807, 2.05) is 37.2 Å². The van der Waals surface area contributed by atoms with Crippen LogP contribution in [0.1, 0.15) is 50.3 Å². The molecular formula is C29H39N7O2. The number of rotatable bonds is 9. The van der Waals surface area contributed by atoms with E-state index in [9.17, 15) is 4.79 Å². The normalized spacial score (nSPS) is 17.1. The number of hydrogen-bond donors (Lipinski definition) is 1. The Morgan fingerprint density at radius 3 is 2.71 bits per heavy atom. The summed E-state index contributed by atoms with van der Waals surface area (Å²) in [5, 5.41) is 7.88. The lowest BCUT2D eigenvalue weighted by Crippen LogP contribution is -2.55. The van der Waals surface area contributed by atoms with Crippen LogP contribution in [0, 0.1) is 6.92 Å². The van der Waals surface area contributed by atoms with Crippen molar-refractivity contribution in [3.8, 4) is 11.3 Å². The van der Waals surface area contributed by atoms with Crippen LogP contribution in [0.5, 0.6) is 0 Å². The maximum atomic E-state index is 12.6. The second-order valence-electron chi connectivity index (χ2n) is 10.9. The van der Waals surface area contributed by atoms with E-state index in [-0.39, 0.29) is 18.1 Å². The van der Waals surface area contributed by atoms with Crippen LogP contribution in [0.25, 0.3) is 11.3 Å². The molecule has 1 aromatic carbocycles. The number of piperidine rings is 1. The highest BCUT2D eigenvalue weighted by molar-refractivity contribution is 5.77. The Morgan fingerprint density at radius 1 is 1.18 bits per heavy atom. The third-order valence-corrected chi connectivity index (χ3v) is 7.49. The maximum Gasteiger partial charge on any atom is 0.227 e. The molecule has 1 amide bonds. The van der Waals surface area contributed by atoms with Crippen LogP contribution in [-0.2, 0) is 16.0 Å². The maximum absolute atomic E-state index is 12.6. The molecule has 202 valence electrons. The molecule has 2 aromatic heterocycles. The molecule has 2 fully saturated rings. The van der Waals surface area contributed by atoms with E-state index in [0.29, 0.717) is 31.5 Å². The highest BCUT2D eigenvalue weighted by atomic mass is 16.5. The van der Waals surface area contributed by atoms with Gasteiger partial charge in [0, 0.05) is 37.5 Å².